The van der Waals surface area contributed by atoms with Crippen LogP contribution in [0.15, 0.2) is 0 Å². The number of rotatable bonds is 75. The molecule has 0 aromatic heterocycles. The van der Waals surface area contributed by atoms with Crippen LogP contribution in [0.25, 0.3) is 0 Å². The average molecular weight is 2070 g/mol. The number of nitrogens with one attached hydrogen (secondary N) is 21. The molecule has 60 nitrogen and oxygen atoms in total. The number of carbonyl (C=O) groups excluding carboxylic acids is 19. The summed E-state index contributed by atoms with van der Waals surface area (Å²) in [6, 6.07) is -27.8. The number of aliphatic hydroxyl groups is 1. The lowest BCUT2D eigenvalue weighted by Gasteiger charge is -2.28. The largest absolute Gasteiger partial charge is 0.481 e. The van der Waals surface area contributed by atoms with E-state index in [9.17, 15) is 166 Å². The molecule has 0 bridgehead atoms. The van der Waals surface area contributed by atoms with E-state index in [2.05, 4.69) is 106 Å². The summed E-state index contributed by atoms with van der Waals surface area (Å²) in [6.07, 6.45) is -7.88. The lowest BCUT2D eigenvalue weighted by atomic mass is 10.0. The molecule has 0 saturated heterocycles. The van der Waals surface area contributed by atoms with Crippen molar-refractivity contribution in [2.75, 3.05) is 59.0 Å². The molecule has 0 aliphatic carbocycles. The Bertz CT molecular complexity index is 4470. The maximum atomic E-state index is 14.5. The Morgan fingerprint density at radius 3 is 0.793 bits per heavy atom. The number of amides is 19. The van der Waals surface area contributed by atoms with Crippen LogP contribution in [-0.2, 0) is 125 Å². The van der Waals surface area contributed by atoms with Gasteiger partial charge in [0.05, 0.1) is 52.0 Å². The van der Waals surface area contributed by atoms with Crippen molar-refractivity contribution in [2.45, 2.75) is 287 Å². The lowest BCUT2D eigenvalue weighted by molar-refractivity contribution is -0.142. The molecule has 0 heterocycles. The number of guanidine groups is 1. The smallest absolute Gasteiger partial charge is 0.325 e. The van der Waals surface area contributed by atoms with Gasteiger partial charge in [-0.2, -0.15) is 0 Å². The highest BCUT2D eigenvalue weighted by Crippen LogP contribution is 2.16. The van der Waals surface area contributed by atoms with Crippen LogP contribution in [-0.4, -0.2) is 356 Å². The molecule has 0 aromatic carbocycles. The SMILES string of the molecule is CC(C)[C@H](NC(=O)CN)C(=O)N[C@@H](CCCCN)C(=O)N[C@@H](CO)C(=O)N[C@@H](CCC(=O)O)C(=O)NCC(=O)N[C@@H](CCCCN)C(=O)N[C@@H](CCCNC(=N)N)C(=O)N[C@@H](CCCCN)C(=O)NCC(=O)N[C@@H](CC(=O)O)C(=O)N[C@@H](CCC(=O)O)C(=O)N[C@H](C(=O)N[C@@H](CC(=O)O)C(=O)NCC(=O)N[C@H](C(=O)N[C@@H](CC(=O)O)C(=O)N[C@@H](CCC(=O)O)C(=O)N[C@H](C(=O)N[C@@H](C)C(=O)O)C(C)C)C(C)C)C(C)C. The molecule has 0 saturated carbocycles. The molecule has 0 unspecified atom stereocenters. The quantitative estimate of drug-likeness (QED) is 0.0153. The first-order chi connectivity index (χ1) is 67.9. The summed E-state index contributed by atoms with van der Waals surface area (Å²) in [7, 11) is 0. The van der Waals surface area contributed by atoms with Crippen LogP contribution in [0.1, 0.15) is 191 Å². The van der Waals surface area contributed by atoms with Gasteiger partial charge >= 0.3 is 41.8 Å². The standard InChI is InChI=1S/C85H144N26O34/c1-39(2)65(108-55(113)34-89)81(141)104-46(19-12-15-29-88)74(134)107-54(38-112)79(139)101-48(21-24-59(117)118)70(130)94-35-56(114)97-45(18-11-14-28-87)72(132)100-47(20-16-30-92-85(90)91)73(133)99-44(17-10-13-27-86)69(129)93-36-57(115)98-52(32-63(125)126)77(137)102-49(22-25-60(119)120)76(136)111-68(42(7)8)83(143)105-51(31-62(123)124)71(131)95-37-58(116)109-66(40(3)4)82(142)106-53(33-64(127)128)78(138)103-50(23-26-61(121)122)75(135)110-67(41(5)6)80(140)96-43(9)84(144)145/h39-54,65-68,112H,10-38,86-89H2,1-9H3,(H,93,129)(H,94,130)(H,95,131)(H,96,140)(H,97,114)(H,98,115)(H,99,133)(H,100,132)(H,101,139)(H,102,137)(H,103,138)(H,104,141)(H,105,143)(H,106,142)(H,107,134)(H,108,113)(H,109,116)(H,110,135)(H,111,136)(H,117,118)(H,119,120)(H,121,122)(H,123,124)(H,125,126)(H,127,128)(H,144,145)(H4,90,91,92)/t43-,44-,45-,46-,47-,48-,49-,50-,51-,52-,53-,54-,65-,66-,67-,68-/m0/s1. The van der Waals surface area contributed by atoms with Crippen molar-refractivity contribution in [3.8, 4) is 0 Å². The number of hydrogen-bond donors (Lipinski definition) is 34. The highest BCUT2D eigenvalue weighted by atomic mass is 16.4. The Morgan fingerprint density at radius 1 is 0.248 bits per heavy atom. The average Bonchev–Trinajstić information content (AvgIpc) is 0.845. The van der Waals surface area contributed by atoms with Gasteiger partial charge < -0.3 is 176 Å². The number of aliphatic hydroxyl groups excluding tert-OH is 1. The Kier molecular flexibility index (Phi) is 62.2. The highest BCUT2D eigenvalue weighted by Gasteiger charge is 2.41. The predicted molar refractivity (Wildman–Crippen MR) is 504 cm³/mol. The maximum absolute atomic E-state index is 14.5. The maximum Gasteiger partial charge on any atom is 0.325 e. The Labute approximate surface area is 832 Å². The second-order valence-electron chi connectivity index (χ2n) is 34.9. The van der Waals surface area contributed by atoms with Crippen molar-refractivity contribution in [1.29, 1.82) is 5.41 Å². The molecule has 0 rings (SSSR count). The Balaban J connectivity index is 6.96. The summed E-state index contributed by atoms with van der Waals surface area (Å²) in [5, 5.41) is 131. The first kappa shape index (κ1) is 130. The first-order valence-electron chi connectivity index (χ1n) is 46.6. The number of nitrogens with two attached hydrogens (primary N) is 5. The Hall–Kier alpha value is -14.7. The number of carboxylic acids is 7. The third kappa shape index (κ3) is 53.8. The fourth-order valence-corrected chi connectivity index (χ4v) is 13.3. The number of unbranched alkanes of at least 4 members (excludes halogenated alkanes) is 3. The van der Waals surface area contributed by atoms with Gasteiger partial charge in [-0.05, 0) is 140 Å². The van der Waals surface area contributed by atoms with Crippen LogP contribution in [0, 0.1) is 29.1 Å². The second-order valence-corrected chi connectivity index (χ2v) is 34.9. The van der Waals surface area contributed by atoms with Gasteiger partial charge in [0, 0.05) is 25.8 Å². The molecule has 39 N–H and O–H groups in total. The van der Waals surface area contributed by atoms with Crippen molar-refractivity contribution < 1.29 is 166 Å². The summed E-state index contributed by atoms with van der Waals surface area (Å²) in [5.74, 6) is -37.2. The van der Waals surface area contributed by atoms with Crippen LogP contribution in [0.3, 0.4) is 0 Å². The first-order valence-corrected chi connectivity index (χ1v) is 46.6. The molecule has 60 heteroatoms. The van der Waals surface area contributed by atoms with Gasteiger partial charge in [0.1, 0.15) is 96.7 Å². The van der Waals surface area contributed by atoms with Crippen LogP contribution >= 0.6 is 0 Å². The molecule has 0 radical (unpaired) electrons. The number of carboxylic acid groups (broad SMARTS) is 7. The summed E-state index contributed by atoms with van der Waals surface area (Å²) in [5.41, 5.74) is 28.0. The fourth-order valence-electron chi connectivity index (χ4n) is 13.3. The lowest BCUT2D eigenvalue weighted by Crippen LogP contribution is -2.61. The molecule has 0 aliphatic rings. The van der Waals surface area contributed by atoms with Gasteiger partial charge in [0.2, 0.25) is 112 Å². The van der Waals surface area contributed by atoms with E-state index < -0.39 is 371 Å². The van der Waals surface area contributed by atoms with E-state index in [0.717, 1.165) is 6.92 Å². The molecule has 0 fully saturated rings. The summed E-state index contributed by atoms with van der Waals surface area (Å²) in [4.78, 5) is 344. The predicted octanol–water partition coefficient (Wildman–Crippen LogP) is -12.6. The van der Waals surface area contributed by atoms with E-state index in [-0.39, 0.29) is 90.4 Å². The minimum atomic E-state index is -2.18. The van der Waals surface area contributed by atoms with Crippen molar-refractivity contribution in [2.24, 2.45) is 52.3 Å². The van der Waals surface area contributed by atoms with Crippen molar-refractivity contribution >= 4 is 160 Å². The molecule has 16 atom stereocenters. The zero-order valence-corrected chi connectivity index (χ0v) is 82.1. The molecular weight excluding hydrogens is 1930 g/mol. The zero-order valence-electron chi connectivity index (χ0n) is 82.1. The van der Waals surface area contributed by atoms with Gasteiger partial charge in [-0.25, -0.2) is 0 Å². The van der Waals surface area contributed by atoms with Gasteiger partial charge in [-0.15, -0.1) is 0 Å². The van der Waals surface area contributed by atoms with Crippen LogP contribution in [0.4, 0.5) is 0 Å². The normalized spacial score (nSPS) is 14.3. The molecule has 818 valence electrons. The number of aliphatic carboxylic acids is 7. The van der Waals surface area contributed by atoms with Crippen LogP contribution < -0.4 is 135 Å². The molecule has 0 spiro atoms. The van der Waals surface area contributed by atoms with E-state index in [4.69, 9.17) is 34.1 Å². The molecule has 0 aromatic rings. The summed E-state index contributed by atoms with van der Waals surface area (Å²) < 4.78 is 0. The van der Waals surface area contributed by atoms with E-state index in [0.29, 0.717) is 6.42 Å². The van der Waals surface area contributed by atoms with Crippen molar-refractivity contribution in [1.82, 2.24) is 106 Å². The van der Waals surface area contributed by atoms with E-state index in [1.54, 1.807) is 13.8 Å². The zero-order chi connectivity index (χ0) is 111. The van der Waals surface area contributed by atoms with Crippen LogP contribution in [0.5, 0.6) is 0 Å². The van der Waals surface area contributed by atoms with E-state index >= 15 is 0 Å². The molecule has 0 aliphatic heterocycles. The number of carbonyl (C=O) groups is 26. The molecular formula is C85H144N26O34. The summed E-state index contributed by atoms with van der Waals surface area (Å²) in [6.45, 7) is 7.96. The monoisotopic (exact) mass is 2070 g/mol. The Morgan fingerprint density at radius 2 is 0.483 bits per heavy atom. The van der Waals surface area contributed by atoms with E-state index in [1.165, 1.54) is 41.5 Å². The third-order valence-electron chi connectivity index (χ3n) is 21.3. The number of hydrogen-bond acceptors (Lipinski definition) is 32. The summed E-state index contributed by atoms with van der Waals surface area (Å²) >= 11 is 0. The van der Waals surface area contributed by atoms with Gasteiger partial charge in [0.25, 0.3) is 0 Å². The second kappa shape index (κ2) is 69.3. The van der Waals surface area contributed by atoms with Gasteiger partial charge in [-0.3, -0.25) is 130 Å². The fraction of sp³-hybridized carbons (Fsp3) is 0.682. The topological polar surface area (TPSA) is 1000 Å². The van der Waals surface area contributed by atoms with Gasteiger partial charge in [-0.1, -0.05) is 55.4 Å². The molecule has 19 amide bonds. The van der Waals surface area contributed by atoms with Crippen LogP contribution in [0.2, 0.25) is 0 Å². The minimum Gasteiger partial charge on any atom is -0.481 e. The molecule has 145 heavy (non-hydrogen) atoms. The van der Waals surface area contributed by atoms with E-state index in [1.807, 2.05) is 0 Å². The van der Waals surface area contributed by atoms with Gasteiger partial charge in [0.15, 0.2) is 5.96 Å². The third-order valence-corrected chi connectivity index (χ3v) is 21.3. The minimum absolute atomic E-state index is 0.0468. The van der Waals surface area contributed by atoms with Crippen molar-refractivity contribution in [3.05, 3.63) is 0 Å². The highest BCUT2D eigenvalue weighted by molar-refractivity contribution is 6.03. The van der Waals surface area contributed by atoms with Crippen molar-refractivity contribution in [3.63, 3.8) is 0 Å².